The van der Waals surface area contributed by atoms with Gasteiger partial charge in [-0.3, -0.25) is 14.9 Å². The van der Waals surface area contributed by atoms with Gasteiger partial charge in [0.25, 0.3) is 11.6 Å². The van der Waals surface area contributed by atoms with Gasteiger partial charge in [0.05, 0.1) is 15.5 Å². The van der Waals surface area contributed by atoms with Gasteiger partial charge in [-0.25, -0.2) is 0 Å². The van der Waals surface area contributed by atoms with Crippen LogP contribution in [-0.4, -0.2) is 23.1 Å². The van der Waals surface area contributed by atoms with Gasteiger partial charge in [-0.2, -0.15) is 0 Å². The number of hydrogen-bond acceptors (Lipinski definition) is 4. The van der Waals surface area contributed by atoms with Crippen LogP contribution >= 0.6 is 23.4 Å². The van der Waals surface area contributed by atoms with Crippen LogP contribution in [0.3, 0.4) is 0 Å². The molecule has 7 heteroatoms. The maximum absolute atomic E-state index is 12.1. The first-order valence-electron chi connectivity index (χ1n) is 7.30. The molecule has 0 spiro atoms. The fraction of sp³-hybridized carbons (Fsp3) is 0.235. The van der Waals surface area contributed by atoms with Crippen LogP contribution in [0.4, 0.5) is 5.69 Å². The highest BCUT2D eigenvalue weighted by Crippen LogP contribution is 2.23. The molecule has 0 heterocycles. The lowest BCUT2D eigenvalue weighted by Gasteiger charge is -2.08. The largest absolute Gasteiger partial charge is 0.351 e. The van der Waals surface area contributed by atoms with E-state index in [1.54, 1.807) is 11.8 Å². The molecule has 0 aromatic heterocycles. The zero-order valence-corrected chi connectivity index (χ0v) is 14.9. The summed E-state index contributed by atoms with van der Waals surface area (Å²) in [6.07, 6.45) is 0. The number of aryl methyl sites for hydroxylation is 2. The smallest absolute Gasteiger partial charge is 0.270 e. The summed E-state index contributed by atoms with van der Waals surface area (Å²) in [6, 6.07) is 10.1. The minimum Gasteiger partial charge on any atom is -0.351 e. The van der Waals surface area contributed by atoms with E-state index in [2.05, 4.69) is 37.4 Å². The van der Waals surface area contributed by atoms with E-state index in [4.69, 9.17) is 11.6 Å². The maximum Gasteiger partial charge on any atom is 0.270 e. The molecule has 2 aromatic carbocycles. The van der Waals surface area contributed by atoms with E-state index in [1.807, 2.05) is 0 Å². The Morgan fingerprint density at radius 1 is 1.21 bits per heavy atom. The van der Waals surface area contributed by atoms with E-state index in [0.717, 1.165) is 10.6 Å². The van der Waals surface area contributed by atoms with Crippen LogP contribution in [0.25, 0.3) is 0 Å². The van der Waals surface area contributed by atoms with Gasteiger partial charge >= 0.3 is 0 Å². The lowest BCUT2D eigenvalue weighted by molar-refractivity contribution is -0.384. The minimum absolute atomic E-state index is 0.0727. The molecule has 0 saturated carbocycles. The highest BCUT2D eigenvalue weighted by Gasteiger charge is 2.14. The first-order valence-corrected chi connectivity index (χ1v) is 8.67. The molecular weight excluding hydrogens is 348 g/mol. The topological polar surface area (TPSA) is 72.2 Å². The fourth-order valence-electron chi connectivity index (χ4n) is 2.03. The second-order valence-corrected chi connectivity index (χ2v) is 6.85. The standard InChI is InChI=1S/C17H17ClN2O3S/c1-11-3-5-14(9-12(11)2)24-8-7-19-17(21)15-6-4-13(20(22)23)10-16(15)18/h3-6,9-10H,7-8H2,1-2H3,(H,19,21). The average Bonchev–Trinajstić information content (AvgIpc) is 2.54. The Morgan fingerprint density at radius 3 is 2.58 bits per heavy atom. The molecule has 2 aromatic rings. The molecule has 2 rings (SSSR count). The molecule has 0 aliphatic rings. The van der Waals surface area contributed by atoms with Crippen LogP contribution in [0, 0.1) is 24.0 Å². The molecule has 0 atom stereocenters. The number of nitro benzene ring substituents is 1. The summed E-state index contributed by atoms with van der Waals surface area (Å²) < 4.78 is 0. The monoisotopic (exact) mass is 364 g/mol. The second kappa shape index (κ2) is 8.17. The Balaban J connectivity index is 1.87. The molecule has 0 aliphatic heterocycles. The van der Waals surface area contributed by atoms with Gasteiger partial charge in [0.2, 0.25) is 0 Å². The predicted octanol–water partition coefficient (Wildman–Crippen LogP) is 4.39. The van der Waals surface area contributed by atoms with Crippen LogP contribution in [-0.2, 0) is 0 Å². The number of nitrogens with one attached hydrogen (secondary N) is 1. The molecule has 1 amide bonds. The quantitative estimate of drug-likeness (QED) is 0.357. The summed E-state index contributed by atoms with van der Waals surface area (Å²) in [7, 11) is 0. The number of carbonyl (C=O) groups excluding carboxylic acids is 1. The zero-order valence-electron chi connectivity index (χ0n) is 13.3. The Labute approximate surface area is 149 Å². The van der Waals surface area contributed by atoms with E-state index < -0.39 is 4.92 Å². The first-order chi connectivity index (χ1) is 11.4. The Bertz CT molecular complexity index is 780. The molecule has 1 N–H and O–H groups in total. The summed E-state index contributed by atoms with van der Waals surface area (Å²) in [5.41, 5.74) is 2.59. The van der Waals surface area contributed by atoms with Crippen molar-refractivity contribution in [2.24, 2.45) is 0 Å². The van der Waals surface area contributed by atoms with Crippen molar-refractivity contribution >= 4 is 35.0 Å². The predicted molar refractivity (Wildman–Crippen MR) is 97.1 cm³/mol. The molecule has 0 radical (unpaired) electrons. The lowest BCUT2D eigenvalue weighted by atomic mass is 10.1. The van der Waals surface area contributed by atoms with Crippen molar-refractivity contribution in [3.63, 3.8) is 0 Å². The minimum atomic E-state index is -0.548. The molecular formula is C17H17ClN2O3S. The number of nitrogens with zero attached hydrogens (tertiary/aromatic N) is 1. The van der Waals surface area contributed by atoms with Gasteiger partial charge < -0.3 is 5.32 Å². The molecule has 0 saturated heterocycles. The lowest BCUT2D eigenvalue weighted by Crippen LogP contribution is -2.26. The van der Waals surface area contributed by atoms with Gasteiger partial charge in [-0.1, -0.05) is 17.7 Å². The molecule has 0 fully saturated rings. The van der Waals surface area contributed by atoms with Crippen molar-refractivity contribution in [2.75, 3.05) is 12.3 Å². The number of nitro groups is 1. The van der Waals surface area contributed by atoms with E-state index >= 15 is 0 Å². The molecule has 24 heavy (non-hydrogen) atoms. The number of amides is 1. The summed E-state index contributed by atoms with van der Waals surface area (Å²) in [4.78, 5) is 23.4. The fourth-order valence-corrected chi connectivity index (χ4v) is 3.16. The molecule has 0 bridgehead atoms. The van der Waals surface area contributed by atoms with Crippen molar-refractivity contribution in [1.29, 1.82) is 0 Å². The molecule has 5 nitrogen and oxygen atoms in total. The van der Waals surface area contributed by atoms with Gasteiger partial charge in [-0.15, -0.1) is 11.8 Å². The SMILES string of the molecule is Cc1ccc(SCCNC(=O)c2ccc([N+](=O)[O-])cc2Cl)cc1C. The van der Waals surface area contributed by atoms with Gasteiger partial charge in [0, 0.05) is 29.3 Å². The third-order valence-electron chi connectivity index (χ3n) is 3.54. The summed E-state index contributed by atoms with van der Waals surface area (Å²) in [6.45, 7) is 4.61. The van der Waals surface area contributed by atoms with Crippen LogP contribution in [0.2, 0.25) is 5.02 Å². The summed E-state index contributed by atoms with van der Waals surface area (Å²) in [5.74, 6) is 0.384. The van der Waals surface area contributed by atoms with Gasteiger partial charge in [0.15, 0.2) is 0 Å². The van der Waals surface area contributed by atoms with Crippen molar-refractivity contribution < 1.29 is 9.72 Å². The number of hydrogen-bond donors (Lipinski definition) is 1. The van der Waals surface area contributed by atoms with Gasteiger partial charge in [-0.05, 0) is 43.2 Å². The highest BCUT2D eigenvalue weighted by molar-refractivity contribution is 7.99. The Hall–Kier alpha value is -2.05. The normalized spacial score (nSPS) is 10.5. The third kappa shape index (κ3) is 4.72. The average molecular weight is 365 g/mol. The van der Waals surface area contributed by atoms with Crippen molar-refractivity contribution in [3.8, 4) is 0 Å². The van der Waals surface area contributed by atoms with Crippen LogP contribution < -0.4 is 5.32 Å². The zero-order chi connectivity index (χ0) is 17.7. The number of thioether (sulfide) groups is 1. The number of benzene rings is 2. The summed E-state index contributed by atoms with van der Waals surface area (Å²) >= 11 is 7.59. The van der Waals surface area contributed by atoms with Crippen LogP contribution in [0.1, 0.15) is 21.5 Å². The number of carbonyl (C=O) groups is 1. The van der Waals surface area contributed by atoms with Crippen LogP contribution in [0.5, 0.6) is 0 Å². The number of non-ortho nitro benzene ring substituents is 1. The second-order valence-electron chi connectivity index (χ2n) is 5.27. The Morgan fingerprint density at radius 2 is 1.96 bits per heavy atom. The third-order valence-corrected chi connectivity index (χ3v) is 4.85. The van der Waals surface area contributed by atoms with Crippen LogP contribution in [0.15, 0.2) is 41.3 Å². The van der Waals surface area contributed by atoms with Crippen molar-refractivity contribution in [1.82, 2.24) is 5.32 Å². The first kappa shape index (κ1) is 18.3. The van der Waals surface area contributed by atoms with E-state index in [-0.39, 0.29) is 22.2 Å². The van der Waals surface area contributed by atoms with E-state index in [0.29, 0.717) is 6.54 Å². The maximum atomic E-state index is 12.1. The number of rotatable bonds is 6. The van der Waals surface area contributed by atoms with E-state index in [1.165, 1.54) is 29.3 Å². The van der Waals surface area contributed by atoms with Crippen molar-refractivity contribution in [2.45, 2.75) is 18.7 Å². The van der Waals surface area contributed by atoms with E-state index in [9.17, 15) is 14.9 Å². The Kier molecular flexibility index (Phi) is 6.23. The molecule has 0 aliphatic carbocycles. The molecule has 0 unspecified atom stereocenters. The summed E-state index contributed by atoms with van der Waals surface area (Å²) in [5, 5.41) is 13.5. The highest BCUT2D eigenvalue weighted by atomic mass is 35.5. The van der Waals surface area contributed by atoms with Gasteiger partial charge in [0.1, 0.15) is 0 Å². The number of halogens is 1. The van der Waals surface area contributed by atoms with Crippen molar-refractivity contribution in [3.05, 3.63) is 68.2 Å². The molecule has 126 valence electrons.